The molecule has 0 saturated heterocycles. The number of nitrogens with zero attached hydrogens (tertiary/aromatic N) is 3. The molecule has 2 N–H and O–H groups in total. The maximum Gasteiger partial charge on any atom is 0.262 e. The van der Waals surface area contributed by atoms with Gasteiger partial charge in [0, 0.05) is 27.7 Å². The van der Waals surface area contributed by atoms with E-state index in [1.165, 1.54) is 18.5 Å². The minimum absolute atomic E-state index is 0.0965. The molecule has 5 rings (SSSR count). The predicted molar refractivity (Wildman–Crippen MR) is 137 cm³/mol. The van der Waals surface area contributed by atoms with Crippen molar-refractivity contribution >= 4 is 34.1 Å². The summed E-state index contributed by atoms with van der Waals surface area (Å²) in [6.45, 7) is 0.297. The van der Waals surface area contributed by atoms with E-state index in [1.807, 2.05) is 66.7 Å². The molecular formula is C28H20ClN3O3. The lowest BCUT2D eigenvalue weighted by atomic mass is 10.0. The van der Waals surface area contributed by atoms with Gasteiger partial charge in [0.1, 0.15) is 17.8 Å². The molecule has 0 fully saturated rings. The minimum Gasteiger partial charge on any atom is -0.508 e. The van der Waals surface area contributed by atoms with Gasteiger partial charge in [0.25, 0.3) is 5.91 Å². The number of anilines is 1. The van der Waals surface area contributed by atoms with Gasteiger partial charge < -0.3 is 15.1 Å². The van der Waals surface area contributed by atoms with Gasteiger partial charge in [-0.2, -0.15) is 0 Å². The highest BCUT2D eigenvalue weighted by atomic mass is 35.5. The van der Waals surface area contributed by atoms with Gasteiger partial charge >= 0.3 is 0 Å². The number of hydrogen-bond donors (Lipinski definition) is 2. The average molecular weight is 482 g/mol. The maximum absolute atomic E-state index is 13.5. The lowest BCUT2D eigenvalue weighted by molar-refractivity contribution is 0.0982. The molecule has 0 spiro atoms. The number of halogens is 1. The smallest absolute Gasteiger partial charge is 0.262 e. The summed E-state index contributed by atoms with van der Waals surface area (Å²) < 4.78 is 0. The van der Waals surface area contributed by atoms with Gasteiger partial charge in [0.15, 0.2) is 0 Å². The molecule has 1 aromatic heterocycles. The zero-order chi connectivity index (χ0) is 24.4. The van der Waals surface area contributed by atoms with E-state index < -0.39 is 5.91 Å². The molecule has 7 heteroatoms. The molecular weight excluding hydrogens is 462 g/mol. The van der Waals surface area contributed by atoms with Crippen molar-refractivity contribution in [3.63, 3.8) is 0 Å². The first-order valence-electron chi connectivity index (χ1n) is 10.9. The van der Waals surface area contributed by atoms with E-state index in [1.54, 1.807) is 11.0 Å². The van der Waals surface area contributed by atoms with E-state index in [0.29, 0.717) is 17.3 Å². The van der Waals surface area contributed by atoms with Crippen LogP contribution in [-0.2, 0) is 6.54 Å². The Morgan fingerprint density at radius 1 is 0.857 bits per heavy atom. The van der Waals surface area contributed by atoms with Crippen molar-refractivity contribution in [3.05, 3.63) is 113 Å². The third kappa shape index (κ3) is 4.65. The van der Waals surface area contributed by atoms with E-state index >= 15 is 0 Å². The number of carbonyl (C=O) groups is 1. The monoisotopic (exact) mass is 481 g/mol. The third-order valence-electron chi connectivity index (χ3n) is 5.69. The molecule has 172 valence electrons. The van der Waals surface area contributed by atoms with Crippen molar-refractivity contribution in [3.8, 4) is 22.8 Å². The number of amides is 1. The Kier molecular flexibility index (Phi) is 6.04. The fourth-order valence-electron chi connectivity index (χ4n) is 3.95. The van der Waals surface area contributed by atoms with Crippen LogP contribution in [-0.4, -0.2) is 26.1 Å². The molecule has 0 aliphatic rings. The van der Waals surface area contributed by atoms with Crippen molar-refractivity contribution in [2.75, 3.05) is 4.90 Å². The highest BCUT2D eigenvalue weighted by Crippen LogP contribution is 2.31. The standard InChI is InChI=1S/C28H20ClN3O3/c29-20-8-13-25-24(14-20)27(31-17-30-25)19-6-9-21(10-7-19)32(16-18-4-2-1-3-5-18)28(35)23-12-11-22(33)15-26(23)34/h1-15,17,33-34H,16H2. The Hall–Kier alpha value is -4.42. The summed E-state index contributed by atoms with van der Waals surface area (Å²) in [4.78, 5) is 23.8. The second-order valence-corrected chi connectivity index (χ2v) is 8.45. The van der Waals surface area contributed by atoms with Crippen LogP contribution in [0.1, 0.15) is 15.9 Å². The Balaban J connectivity index is 1.54. The van der Waals surface area contributed by atoms with Crippen LogP contribution >= 0.6 is 11.6 Å². The molecule has 4 aromatic carbocycles. The second-order valence-electron chi connectivity index (χ2n) is 8.01. The molecule has 0 aliphatic heterocycles. The minimum atomic E-state index is -0.390. The van der Waals surface area contributed by atoms with Gasteiger partial charge in [-0.05, 0) is 48.0 Å². The Labute approximate surface area is 206 Å². The largest absolute Gasteiger partial charge is 0.508 e. The average Bonchev–Trinajstić information content (AvgIpc) is 2.87. The number of fused-ring (bicyclic) bond motifs is 1. The first-order chi connectivity index (χ1) is 17.0. The summed E-state index contributed by atoms with van der Waals surface area (Å²) in [6.07, 6.45) is 1.51. The zero-order valence-electron chi connectivity index (χ0n) is 18.5. The quantitative estimate of drug-likeness (QED) is 0.311. The van der Waals surface area contributed by atoms with Crippen molar-refractivity contribution in [1.82, 2.24) is 9.97 Å². The van der Waals surface area contributed by atoms with Gasteiger partial charge in [0.05, 0.1) is 23.3 Å². The molecule has 0 radical (unpaired) electrons. The van der Waals surface area contributed by atoms with Crippen LogP contribution in [0.3, 0.4) is 0 Å². The third-order valence-corrected chi connectivity index (χ3v) is 5.93. The molecule has 0 aliphatic carbocycles. The molecule has 0 saturated carbocycles. The maximum atomic E-state index is 13.5. The van der Waals surface area contributed by atoms with E-state index in [2.05, 4.69) is 9.97 Å². The molecule has 0 unspecified atom stereocenters. The van der Waals surface area contributed by atoms with Gasteiger partial charge in [-0.25, -0.2) is 9.97 Å². The van der Waals surface area contributed by atoms with Crippen LogP contribution in [0, 0.1) is 0 Å². The molecule has 1 heterocycles. The van der Waals surface area contributed by atoms with Crippen molar-refractivity contribution < 1.29 is 15.0 Å². The van der Waals surface area contributed by atoms with Gasteiger partial charge in [-0.1, -0.05) is 54.1 Å². The molecule has 5 aromatic rings. The predicted octanol–water partition coefficient (Wildman–Crippen LogP) is 6.21. The number of aromatic nitrogens is 2. The Morgan fingerprint density at radius 3 is 2.37 bits per heavy atom. The van der Waals surface area contributed by atoms with Crippen molar-refractivity contribution in [2.24, 2.45) is 0 Å². The lowest BCUT2D eigenvalue weighted by Crippen LogP contribution is -2.30. The fourth-order valence-corrected chi connectivity index (χ4v) is 4.12. The highest BCUT2D eigenvalue weighted by Gasteiger charge is 2.22. The number of aromatic hydroxyl groups is 2. The second kappa shape index (κ2) is 9.44. The van der Waals surface area contributed by atoms with Gasteiger partial charge in [-0.15, -0.1) is 0 Å². The van der Waals surface area contributed by atoms with Crippen LogP contribution in [0.25, 0.3) is 22.2 Å². The molecule has 1 amide bonds. The topological polar surface area (TPSA) is 86.5 Å². The van der Waals surface area contributed by atoms with Crippen molar-refractivity contribution in [2.45, 2.75) is 6.54 Å². The molecule has 0 bridgehead atoms. The van der Waals surface area contributed by atoms with Gasteiger partial charge in [0.2, 0.25) is 0 Å². The highest BCUT2D eigenvalue weighted by molar-refractivity contribution is 6.31. The van der Waals surface area contributed by atoms with E-state index in [4.69, 9.17) is 11.6 Å². The molecule has 6 nitrogen and oxygen atoms in total. The number of benzene rings is 4. The van der Waals surface area contributed by atoms with Crippen LogP contribution in [0.5, 0.6) is 11.5 Å². The first-order valence-corrected chi connectivity index (χ1v) is 11.3. The van der Waals surface area contributed by atoms with Crippen LogP contribution in [0.2, 0.25) is 5.02 Å². The normalized spacial score (nSPS) is 10.9. The summed E-state index contributed by atoms with van der Waals surface area (Å²) in [5.74, 6) is -0.789. The summed E-state index contributed by atoms with van der Waals surface area (Å²) >= 11 is 6.20. The zero-order valence-corrected chi connectivity index (χ0v) is 19.2. The van der Waals surface area contributed by atoms with Crippen LogP contribution in [0.4, 0.5) is 5.69 Å². The van der Waals surface area contributed by atoms with E-state index in [9.17, 15) is 15.0 Å². The molecule has 0 atom stereocenters. The molecule has 35 heavy (non-hydrogen) atoms. The summed E-state index contributed by atoms with van der Waals surface area (Å²) in [5.41, 5.74) is 4.04. The number of carbonyl (C=O) groups excluding carboxylic acids is 1. The summed E-state index contributed by atoms with van der Waals surface area (Å²) in [6, 6.07) is 26.5. The Morgan fingerprint density at radius 2 is 1.63 bits per heavy atom. The van der Waals surface area contributed by atoms with E-state index in [-0.39, 0.29) is 17.1 Å². The summed E-state index contributed by atoms with van der Waals surface area (Å²) in [5, 5.41) is 21.4. The van der Waals surface area contributed by atoms with E-state index in [0.717, 1.165) is 33.8 Å². The van der Waals surface area contributed by atoms with Crippen LogP contribution in [0.15, 0.2) is 97.3 Å². The number of rotatable bonds is 5. The number of phenolic OH excluding ortho intramolecular Hbond substituents is 2. The number of phenols is 2. The van der Waals surface area contributed by atoms with Gasteiger partial charge in [-0.3, -0.25) is 4.79 Å². The van der Waals surface area contributed by atoms with Crippen LogP contribution < -0.4 is 4.90 Å². The van der Waals surface area contributed by atoms with Crippen molar-refractivity contribution in [1.29, 1.82) is 0 Å². The Bertz CT molecular complexity index is 1520. The number of hydrogen-bond acceptors (Lipinski definition) is 5. The SMILES string of the molecule is O=C(c1ccc(O)cc1O)N(Cc1ccccc1)c1ccc(-c2ncnc3ccc(Cl)cc23)cc1. The fraction of sp³-hybridized carbons (Fsp3) is 0.0357. The summed E-state index contributed by atoms with van der Waals surface area (Å²) in [7, 11) is 0. The first kappa shape index (κ1) is 22.4. The lowest BCUT2D eigenvalue weighted by Gasteiger charge is -2.24.